The first-order chi connectivity index (χ1) is 12.1. The van der Waals surface area contributed by atoms with E-state index in [2.05, 4.69) is 29.4 Å². The van der Waals surface area contributed by atoms with Crippen LogP contribution in [0.5, 0.6) is 0 Å². The Labute approximate surface area is 152 Å². The van der Waals surface area contributed by atoms with Gasteiger partial charge in [-0.3, -0.25) is 9.59 Å². The number of amides is 2. The van der Waals surface area contributed by atoms with Gasteiger partial charge in [-0.15, -0.1) is 11.3 Å². The maximum absolute atomic E-state index is 12.4. The van der Waals surface area contributed by atoms with Crippen molar-refractivity contribution in [2.24, 2.45) is 0 Å². The van der Waals surface area contributed by atoms with Crippen molar-refractivity contribution in [2.75, 3.05) is 19.6 Å². The highest BCUT2D eigenvalue weighted by Crippen LogP contribution is 2.28. The Morgan fingerprint density at radius 1 is 1.20 bits per heavy atom. The van der Waals surface area contributed by atoms with Crippen molar-refractivity contribution < 1.29 is 9.59 Å². The lowest BCUT2D eigenvalue weighted by Crippen LogP contribution is -2.38. The van der Waals surface area contributed by atoms with E-state index in [1.165, 1.54) is 16.9 Å². The van der Waals surface area contributed by atoms with Gasteiger partial charge in [-0.25, -0.2) is 4.98 Å². The monoisotopic (exact) mass is 357 g/mol. The number of rotatable bonds is 5. The van der Waals surface area contributed by atoms with E-state index in [-0.39, 0.29) is 18.4 Å². The predicted octanol–water partition coefficient (Wildman–Crippen LogP) is 3.03. The molecule has 2 heterocycles. The van der Waals surface area contributed by atoms with Crippen LogP contribution in [-0.4, -0.2) is 41.3 Å². The molecule has 132 valence electrons. The van der Waals surface area contributed by atoms with E-state index in [0.29, 0.717) is 10.6 Å². The highest BCUT2D eigenvalue weighted by molar-refractivity contribution is 7.17. The lowest BCUT2D eigenvalue weighted by molar-refractivity contribution is -0.129. The summed E-state index contributed by atoms with van der Waals surface area (Å²) < 4.78 is 0. The molecule has 1 saturated heterocycles. The highest BCUT2D eigenvalue weighted by atomic mass is 32.1. The number of benzene rings is 1. The zero-order valence-corrected chi connectivity index (χ0v) is 15.5. The fraction of sp³-hybridized carbons (Fsp3) is 0.421. The molecular formula is C19H23N3O2S. The number of carbonyl (C=O) groups excluding carboxylic acids is 2. The summed E-state index contributed by atoms with van der Waals surface area (Å²) in [5.41, 5.74) is 2.98. The minimum atomic E-state index is -0.223. The van der Waals surface area contributed by atoms with Gasteiger partial charge >= 0.3 is 0 Å². The third-order valence-corrected chi connectivity index (χ3v) is 5.68. The van der Waals surface area contributed by atoms with Crippen LogP contribution in [0.15, 0.2) is 24.3 Å². The number of hydrogen-bond acceptors (Lipinski definition) is 4. The number of nitrogens with one attached hydrogen (secondary N) is 1. The molecular weight excluding hydrogens is 334 g/mol. The number of likely N-dealkylation sites (tertiary alicyclic amines) is 1. The summed E-state index contributed by atoms with van der Waals surface area (Å²) in [5, 5.41) is 3.57. The number of thiazole rings is 1. The van der Waals surface area contributed by atoms with E-state index >= 15 is 0 Å². The van der Waals surface area contributed by atoms with E-state index in [0.717, 1.165) is 42.9 Å². The molecule has 1 fully saturated rings. The van der Waals surface area contributed by atoms with Crippen LogP contribution in [0.25, 0.3) is 10.6 Å². The lowest BCUT2D eigenvalue weighted by atomic mass is 10.1. The van der Waals surface area contributed by atoms with Gasteiger partial charge in [0.15, 0.2) is 0 Å². The molecule has 2 aromatic rings. The highest BCUT2D eigenvalue weighted by Gasteiger charge is 2.20. The predicted molar refractivity (Wildman–Crippen MR) is 99.8 cm³/mol. The van der Waals surface area contributed by atoms with E-state index < -0.39 is 0 Å². The normalized spacial score (nSPS) is 13.9. The first-order valence-electron chi connectivity index (χ1n) is 8.71. The largest absolute Gasteiger partial charge is 0.342 e. The maximum Gasteiger partial charge on any atom is 0.263 e. The fourth-order valence-corrected chi connectivity index (χ4v) is 3.92. The van der Waals surface area contributed by atoms with E-state index in [4.69, 9.17) is 0 Å². The Morgan fingerprint density at radius 2 is 1.88 bits per heavy atom. The third-order valence-electron chi connectivity index (χ3n) is 4.47. The molecule has 0 saturated carbocycles. The zero-order chi connectivity index (χ0) is 17.8. The van der Waals surface area contributed by atoms with Crippen LogP contribution >= 0.6 is 11.3 Å². The van der Waals surface area contributed by atoms with Crippen molar-refractivity contribution in [3.63, 3.8) is 0 Å². The van der Waals surface area contributed by atoms with Crippen molar-refractivity contribution in [3.8, 4) is 10.6 Å². The molecule has 3 rings (SSSR count). The molecule has 0 spiro atoms. The molecule has 1 aliphatic rings. The smallest absolute Gasteiger partial charge is 0.263 e. The summed E-state index contributed by atoms with van der Waals surface area (Å²) in [5.74, 6) is -0.234. The molecule has 5 nitrogen and oxygen atoms in total. The summed E-state index contributed by atoms with van der Waals surface area (Å²) in [4.78, 5) is 31.4. The summed E-state index contributed by atoms with van der Waals surface area (Å²) in [6, 6.07) is 8.24. The van der Waals surface area contributed by atoms with Crippen LogP contribution in [-0.2, 0) is 11.2 Å². The second-order valence-electron chi connectivity index (χ2n) is 6.25. The summed E-state index contributed by atoms with van der Waals surface area (Å²) in [7, 11) is 0. The summed E-state index contributed by atoms with van der Waals surface area (Å²) in [6.45, 7) is 5.60. The Kier molecular flexibility index (Phi) is 5.48. The van der Waals surface area contributed by atoms with Crippen LogP contribution in [0.2, 0.25) is 0 Å². The third kappa shape index (κ3) is 4.07. The first kappa shape index (κ1) is 17.6. The molecule has 0 unspecified atom stereocenters. The molecule has 0 aliphatic carbocycles. The van der Waals surface area contributed by atoms with Crippen molar-refractivity contribution in [1.29, 1.82) is 0 Å². The van der Waals surface area contributed by atoms with Crippen molar-refractivity contribution in [1.82, 2.24) is 15.2 Å². The molecule has 0 radical (unpaired) electrons. The Bertz CT molecular complexity index is 761. The van der Waals surface area contributed by atoms with Gasteiger partial charge < -0.3 is 10.2 Å². The number of nitrogens with zero attached hydrogens (tertiary/aromatic N) is 2. The van der Waals surface area contributed by atoms with Gasteiger partial charge in [0.1, 0.15) is 9.88 Å². The topological polar surface area (TPSA) is 62.3 Å². The van der Waals surface area contributed by atoms with Gasteiger partial charge in [0.25, 0.3) is 5.91 Å². The quantitative estimate of drug-likeness (QED) is 0.895. The van der Waals surface area contributed by atoms with E-state index in [1.807, 2.05) is 19.1 Å². The average Bonchev–Trinajstić information content (AvgIpc) is 3.29. The Morgan fingerprint density at radius 3 is 2.52 bits per heavy atom. The molecule has 1 aromatic heterocycles. The van der Waals surface area contributed by atoms with Crippen LogP contribution in [0.4, 0.5) is 0 Å². The number of aromatic nitrogens is 1. The van der Waals surface area contributed by atoms with E-state index in [1.54, 1.807) is 4.90 Å². The zero-order valence-electron chi connectivity index (χ0n) is 14.7. The van der Waals surface area contributed by atoms with Gasteiger partial charge in [0.05, 0.1) is 12.2 Å². The molecule has 1 N–H and O–H groups in total. The Balaban J connectivity index is 1.66. The van der Waals surface area contributed by atoms with Crippen molar-refractivity contribution in [3.05, 3.63) is 40.4 Å². The standard InChI is InChI=1S/C19H23N3O2S/c1-3-14-6-8-15(9-7-14)19-21-13(2)17(25-19)18(24)20-12-16(23)22-10-4-5-11-22/h6-9H,3-5,10-12H2,1-2H3,(H,20,24). The maximum atomic E-state index is 12.4. The second kappa shape index (κ2) is 7.78. The summed E-state index contributed by atoms with van der Waals surface area (Å²) in [6.07, 6.45) is 3.09. The summed E-state index contributed by atoms with van der Waals surface area (Å²) >= 11 is 1.37. The molecule has 0 bridgehead atoms. The van der Waals surface area contributed by atoms with Crippen molar-refractivity contribution in [2.45, 2.75) is 33.1 Å². The molecule has 1 aromatic carbocycles. The molecule has 6 heteroatoms. The first-order valence-corrected chi connectivity index (χ1v) is 9.53. The molecule has 25 heavy (non-hydrogen) atoms. The minimum Gasteiger partial charge on any atom is -0.342 e. The number of aryl methyl sites for hydroxylation is 2. The second-order valence-corrected chi connectivity index (χ2v) is 7.25. The average molecular weight is 357 g/mol. The van der Waals surface area contributed by atoms with Crippen LogP contribution in [0.1, 0.15) is 40.7 Å². The number of carbonyl (C=O) groups is 2. The van der Waals surface area contributed by atoms with Gasteiger partial charge in [-0.05, 0) is 31.7 Å². The molecule has 2 amide bonds. The van der Waals surface area contributed by atoms with Gasteiger partial charge in [-0.2, -0.15) is 0 Å². The SMILES string of the molecule is CCc1ccc(-c2nc(C)c(C(=O)NCC(=O)N3CCCC3)s2)cc1. The van der Waals surface area contributed by atoms with Gasteiger partial charge in [0, 0.05) is 18.7 Å². The Hall–Kier alpha value is -2.21. The van der Waals surface area contributed by atoms with Crippen molar-refractivity contribution >= 4 is 23.2 Å². The van der Waals surface area contributed by atoms with E-state index in [9.17, 15) is 9.59 Å². The van der Waals surface area contributed by atoms with Crippen LogP contribution in [0, 0.1) is 6.92 Å². The molecule has 1 aliphatic heterocycles. The van der Waals surface area contributed by atoms with Crippen LogP contribution in [0.3, 0.4) is 0 Å². The number of hydrogen-bond donors (Lipinski definition) is 1. The molecule has 0 atom stereocenters. The fourth-order valence-electron chi connectivity index (χ4n) is 2.93. The van der Waals surface area contributed by atoms with Gasteiger partial charge in [0.2, 0.25) is 5.91 Å². The van der Waals surface area contributed by atoms with Gasteiger partial charge in [-0.1, -0.05) is 31.2 Å². The lowest BCUT2D eigenvalue weighted by Gasteiger charge is -2.15. The minimum absolute atomic E-state index is 0.0107. The van der Waals surface area contributed by atoms with Crippen LogP contribution < -0.4 is 5.32 Å².